The van der Waals surface area contributed by atoms with Gasteiger partial charge in [-0.15, -0.1) is 0 Å². The van der Waals surface area contributed by atoms with Crippen LogP contribution >= 0.6 is 0 Å². The Morgan fingerprint density at radius 2 is 0.926 bits per heavy atom. The molecule has 0 spiro atoms. The van der Waals surface area contributed by atoms with E-state index in [0.29, 0.717) is 0 Å². The summed E-state index contributed by atoms with van der Waals surface area (Å²) in [6.07, 6.45) is 2.04. The van der Waals surface area contributed by atoms with Gasteiger partial charge in [0, 0.05) is 22.5 Å². The quantitative estimate of drug-likeness (QED) is 0.167. The van der Waals surface area contributed by atoms with Gasteiger partial charge in [-0.1, -0.05) is 159 Å². The molecule has 0 fully saturated rings. The lowest BCUT2D eigenvalue weighted by molar-refractivity contribution is 0.661. The Morgan fingerprint density at radius 3 is 1.63 bits per heavy atom. The van der Waals surface area contributed by atoms with Crippen LogP contribution in [-0.4, -0.2) is 0 Å². The molecule has 2 aliphatic rings. The van der Waals surface area contributed by atoms with Gasteiger partial charge in [0.2, 0.25) is 0 Å². The zero-order chi connectivity index (χ0) is 36.0. The molecule has 256 valence electrons. The van der Waals surface area contributed by atoms with Crippen molar-refractivity contribution in [1.82, 2.24) is 0 Å². The number of anilines is 3. The number of aryl methyl sites for hydroxylation is 2. The van der Waals surface area contributed by atoms with Gasteiger partial charge in [0.05, 0.1) is 0 Å². The Kier molecular flexibility index (Phi) is 6.79. The molecular formula is C53H39N. The highest BCUT2D eigenvalue weighted by molar-refractivity contribution is 6.25. The summed E-state index contributed by atoms with van der Waals surface area (Å²) >= 11 is 0. The van der Waals surface area contributed by atoms with Crippen LogP contribution in [0.5, 0.6) is 0 Å². The van der Waals surface area contributed by atoms with E-state index in [1.165, 1.54) is 105 Å². The molecule has 0 unspecified atom stereocenters. The number of nitrogens with zero attached hydrogens (tertiary/aromatic N) is 1. The predicted octanol–water partition coefficient (Wildman–Crippen LogP) is 14.4. The average Bonchev–Trinajstić information content (AvgIpc) is 3.33. The van der Waals surface area contributed by atoms with Crippen LogP contribution in [0.1, 0.15) is 36.1 Å². The van der Waals surface area contributed by atoms with Crippen LogP contribution in [0.15, 0.2) is 176 Å². The lowest BCUT2D eigenvalue weighted by Crippen LogP contribution is -2.15. The second kappa shape index (κ2) is 11.8. The summed E-state index contributed by atoms with van der Waals surface area (Å²) in [5, 5.41) is 7.69. The number of benzene rings is 9. The second-order valence-corrected chi connectivity index (χ2v) is 15.5. The maximum atomic E-state index is 2.55. The van der Waals surface area contributed by atoms with E-state index in [-0.39, 0.29) is 5.41 Å². The van der Waals surface area contributed by atoms with Crippen molar-refractivity contribution in [3.63, 3.8) is 0 Å². The fourth-order valence-electron chi connectivity index (χ4n) is 9.83. The molecule has 9 aromatic carbocycles. The minimum atomic E-state index is -0.134. The molecule has 0 N–H and O–H groups in total. The summed E-state index contributed by atoms with van der Waals surface area (Å²) in [6.45, 7) is 4.80. The van der Waals surface area contributed by atoms with Gasteiger partial charge in [0.25, 0.3) is 0 Å². The molecule has 0 atom stereocenters. The third-order valence-corrected chi connectivity index (χ3v) is 12.3. The Hall–Kier alpha value is -6.44. The molecule has 11 rings (SSSR count). The minimum absolute atomic E-state index is 0.134. The van der Waals surface area contributed by atoms with Gasteiger partial charge in [0.15, 0.2) is 0 Å². The lowest BCUT2D eigenvalue weighted by Gasteiger charge is -2.28. The van der Waals surface area contributed by atoms with Crippen LogP contribution in [0.3, 0.4) is 0 Å². The van der Waals surface area contributed by atoms with Crippen LogP contribution in [-0.2, 0) is 18.3 Å². The molecular weight excluding hydrogens is 651 g/mol. The van der Waals surface area contributed by atoms with Crippen molar-refractivity contribution < 1.29 is 0 Å². The van der Waals surface area contributed by atoms with Crippen molar-refractivity contribution >= 4 is 49.4 Å². The molecule has 9 aromatic rings. The van der Waals surface area contributed by atoms with E-state index in [1.54, 1.807) is 0 Å². The highest BCUT2D eigenvalue weighted by atomic mass is 15.1. The molecule has 0 radical (unpaired) electrons. The second-order valence-electron chi connectivity index (χ2n) is 15.5. The first-order valence-corrected chi connectivity index (χ1v) is 19.2. The van der Waals surface area contributed by atoms with Crippen LogP contribution in [0.2, 0.25) is 0 Å². The molecule has 1 aliphatic carbocycles. The van der Waals surface area contributed by atoms with Crippen LogP contribution < -0.4 is 4.90 Å². The molecule has 1 nitrogen and oxygen atoms in total. The first kappa shape index (κ1) is 31.1. The van der Waals surface area contributed by atoms with E-state index in [9.17, 15) is 0 Å². The summed E-state index contributed by atoms with van der Waals surface area (Å²) < 4.78 is 0. The minimum Gasteiger partial charge on any atom is -0.310 e. The smallest absolute Gasteiger partial charge is 0.0493 e. The molecule has 1 heterocycles. The van der Waals surface area contributed by atoms with Crippen molar-refractivity contribution in [3.8, 4) is 33.4 Å². The van der Waals surface area contributed by atoms with Crippen LogP contribution in [0.25, 0.3) is 65.7 Å². The van der Waals surface area contributed by atoms with Crippen molar-refractivity contribution in [3.05, 3.63) is 198 Å². The first-order valence-electron chi connectivity index (χ1n) is 19.2. The highest BCUT2D eigenvalue weighted by Gasteiger charge is 2.37. The molecule has 1 aliphatic heterocycles. The number of rotatable bonds is 3. The summed E-state index contributed by atoms with van der Waals surface area (Å²) in [5.74, 6) is 0. The normalized spacial score (nSPS) is 14.1. The molecule has 0 aromatic heterocycles. The Morgan fingerprint density at radius 1 is 0.389 bits per heavy atom. The Balaban J connectivity index is 1.30. The number of para-hydroxylation sites is 2. The molecule has 0 saturated heterocycles. The highest BCUT2D eigenvalue weighted by Crippen LogP contribution is 2.55. The standard InChI is InChI=1S/C53H39N/c1-53(2)46-25-13-12-24-43(46)52-39-21-9-8-20-38(39)45(33-47(52)53)51-41-23-11-10-22-40(41)50(36-18-4-3-5-19-36)42-31-30-37(32-44(42)51)54-48-26-14-6-16-34(48)28-29-35-17-7-15-27-49(35)54/h3-27,30-33H,28-29H2,1-2H3. The van der Waals surface area contributed by atoms with Gasteiger partial charge < -0.3 is 4.90 Å². The van der Waals surface area contributed by atoms with Crippen LogP contribution in [0.4, 0.5) is 17.1 Å². The van der Waals surface area contributed by atoms with E-state index in [4.69, 9.17) is 0 Å². The van der Waals surface area contributed by atoms with Gasteiger partial charge in [-0.2, -0.15) is 0 Å². The van der Waals surface area contributed by atoms with E-state index in [0.717, 1.165) is 12.8 Å². The summed E-state index contributed by atoms with van der Waals surface area (Å²) in [7, 11) is 0. The molecule has 0 saturated carbocycles. The van der Waals surface area contributed by atoms with Crippen molar-refractivity contribution in [2.45, 2.75) is 32.1 Å². The summed E-state index contributed by atoms with van der Waals surface area (Å²) in [6, 6.07) is 65.9. The van der Waals surface area contributed by atoms with Gasteiger partial charge in [-0.3, -0.25) is 0 Å². The maximum absolute atomic E-state index is 2.55. The first-order chi connectivity index (χ1) is 26.6. The van der Waals surface area contributed by atoms with Crippen molar-refractivity contribution in [2.75, 3.05) is 4.90 Å². The zero-order valence-corrected chi connectivity index (χ0v) is 30.6. The molecule has 1 heteroatoms. The molecule has 0 amide bonds. The zero-order valence-electron chi connectivity index (χ0n) is 30.6. The van der Waals surface area contributed by atoms with E-state index >= 15 is 0 Å². The third-order valence-electron chi connectivity index (χ3n) is 12.3. The summed E-state index contributed by atoms with van der Waals surface area (Å²) in [5.41, 5.74) is 17.0. The Labute approximate surface area is 316 Å². The SMILES string of the molecule is CC1(C)c2ccccc2-c2c1cc(-c1c3ccccc3c(-c3ccccc3)c3ccc(N4c5ccccc5CCc5ccccc54)cc13)c1ccccc21. The molecule has 0 bridgehead atoms. The van der Waals surface area contributed by atoms with Crippen LogP contribution in [0, 0.1) is 0 Å². The number of hydrogen-bond donors (Lipinski definition) is 0. The number of hydrogen-bond acceptors (Lipinski definition) is 1. The summed E-state index contributed by atoms with van der Waals surface area (Å²) in [4.78, 5) is 2.51. The fraction of sp³-hybridized carbons (Fsp3) is 0.0943. The van der Waals surface area contributed by atoms with Gasteiger partial charge >= 0.3 is 0 Å². The monoisotopic (exact) mass is 689 g/mol. The van der Waals surface area contributed by atoms with E-state index in [1.807, 2.05) is 0 Å². The van der Waals surface area contributed by atoms with E-state index in [2.05, 4.69) is 195 Å². The van der Waals surface area contributed by atoms with Crippen molar-refractivity contribution in [2.24, 2.45) is 0 Å². The van der Waals surface area contributed by atoms with Gasteiger partial charge in [-0.25, -0.2) is 0 Å². The predicted molar refractivity (Wildman–Crippen MR) is 229 cm³/mol. The fourth-order valence-corrected chi connectivity index (χ4v) is 9.83. The maximum Gasteiger partial charge on any atom is 0.0493 e. The largest absolute Gasteiger partial charge is 0.310 e. The topological polar surface area (TPSA) is 3.24 Å². The third kappa shape index (κ3) is 4.45. The van der Waals surface area contributed by atoms with Gasteiger partial charge in [0.1, 0.15) is 0 Å². The number of fused-ring (bicyclic) bond motifs is 9. The molecule has 54 heavy (non-hydrogen) atoms. The van der Waals surface area contributed by atoms with Gasteiger partial charge in [-0.05, 0) is 131 Å². The Bertz CT molecular complexity index is 2920. The van der Waals surface area contributed by atoms with Crippen molar-refractivity contribution in [1.29, 1.82) is 0 Å². The average molecular weight is 690 g/mol. The van der Waals surface area contributed by atoms with E-state index < -0.39 is 0 Å². The lowest BCUT2D eigenvalue weighted by atomic mass is 9.79.